The van der Waals surface area contributed by atoms with Gasteiger partial charge >= 0.3 is 0 Å². The largest absolute Gasteiger partial charge is 0.497 e. The molecule has 2 aliphatic heterocycles. The number of hydrogen-bond donors (Lipinski definition) is 0. The van der Waals surface area contributed by atoms with Crippen molar-refractivity contribution in [1.29, 1.82) is 0 Å². The number of ether oxygens (including phenoxy) is 2. The van der Waals surface area contributed by atoms with Crippen LogP contribution in [0.2, 0.25) is 0 Å². The SMILES string of the molecule is COc1ccc(C2(C(=O)N3CC(Oc4ccccc4)CC3C(=O)N3CCCC3)CC2)cc1. The van der Waals surface area contributed by atoms with Crippen molar-refractivity contribution >= 4 is 11.8 Å². The van der Waals surface area contributed by atoms with Crippen molar-refractivity contribution < 1.29 is 19.1 Å². The normalized spacial score (nSPS) is 23.8. The number of hydrogen-bond acceptors (Lipinski definition) is 4. The quantitative estimate of drug-likeness (QED) is 0.699. The summed E-state index contributed by atoms with van der Waals surface area (Å²) in [5, 5.41) is 0. The van der Waals surface area contributed by atoms with E-state index in [2.05, 4.69) is 0 Å². The Bertz CT molecular complexity index is 965. The minimum absolute atomic E-state index is 0.0550. The van der Waals surface area contributed by atoms with Crippen molar-refractivity contribution in [1.82, 2.24) is 9.80 Å². The molecule has 0 N–H and O–H groups in total. The van der Waals surface area contributed by atoms with E-state index >= 15 is 0 Å². The van der Waals surface area contributed by atoms with E-state index in [1.54, 1.807) is 7.11 Å². The average molecular weight is 435 g/mol. The molecule has 6 nitrogen and oxygen atoms in total. The van der Waals surface area contributed by atoms with E-state index in [1.807, 2.05) is 64.4 Å². The number of carbonyl (C=O) groups excluding carboxylic acids is 2. The number of nitrogens with zero attached hydrogens (tertiary/aromatic N) is 2. The first-order valence-electron chi connectivity index (χ1n) is 11.6. The van der Waals surface area contributed by atoms with Crippen molar-refractivity contribution in [2.24, 2.45) is 0 Å². The maximum Gasteiger partial charge on any atom is 0.245 e. The molecule has 6 heteroatoms. The van der Waals surface area contributed by atoms with Crippen molar-refractivity contribution in [2.75, 3.05) is 26.7 Å². The van der Waals surface area contributed by atoms with Crippen molar-refractivity contribution in [3.8, 4) is 11.5 Å². The molecular weight excluding hydrogens is 404 g/mol. The van der Waals surface area contributed by atoms with E-state index in [1.165, 1.54) is 0 Å². The smallest absolute Gasteiger partial charge is 0.245 e. The van der Waals surface area contributed by atoms with Crippen LogP contribution in [0.15, 0.2) is 54.6 Å². The maximum atomic E-state index is 13.9. The van der Waals surface area contributed by atoms with E-state index in [-0.39, 0.29) is 17.9 Å². The van der Waals surface area contributed by atoms with E-state index in [9.17, 15) is 9.59 Å². The summed E-state index contributed by atoms with van der Waals surface area (Å²) < 4.78 is 11.5. The Balaban J connectivity index is 1.39. The van der Waals surface area contributed by atoms with Gasteiger partial charge in [0.15, 0.2) is 0 Å². The van der Waals surface area contributed by atoms with Gasteiger partial charge in [-0.15, -0.1) is 0 Å². The molecule has 1 saturated carbocycles. The Morgan fingerprint density at radius 3 is 2.25 bits per heavy atom. The topological polar surface area (TPSA) is 59.1 Å². The summed E-state index contributed by atoms with van der Waals surface area (Å²) in [4.78, 5) is 31.0. The van der Waals surface area contributed by atoms with Gasteiger partial charge in [0, 0.05) is 19.5 Å². The first kappa shape index (κ1) is 20.9. The van der Waals surface area contributed by atoms with Gasteiger partial charge in [0.2, 0.25) is 11.8 Å². The number of benzene rings is 2. The fourth-order valence-corrected chi connectivity index (χ4v) is 5.12. The summed E-state index contributed by atoms with van der Waals surface area (Å²) >= 11 is 0. The fraction of sp³-hybridized carbons (Fsp3) is 0.462. The van der Waals surface area contributed by atoms with Crippen molar-refractivity contribution in [3.63, 3.8) is 0 Å². The molecule has 2 aromatic rings. The highest BCUT2D eigenvalue weighted by Crippen LogP contribution is 2.51. The Labute approximate surface area is 189 Å². The van der Waals surface area contributed by atoms with Crippen LogP contribution in [0.4, 0.5) is 0 Å². The lowest BCUT2D eigenvalue weighted by molar-refractivity contribution is -0.144. The van der Waals surface area contributed by atoms with E-state index < -0.39 is 11.5 Å². The maximum absolute atomic E-state index is 13.9. The standard InChI is InChI=1S/C26H30N2O4/c1-31-20-11-9-19(10-12-20)26(13-14-26)25(30)28-18-22(32-21-7-3-2-4-8-21)17-23(28)24(29)27-15-5-6-16-27/h2-4,7-12,22-23H,5-6,13-18H2,1H3. The summed E-state index contributed by atoms with van der Waals surface area (Å²) in [5.41, 5.74) is 0.473. The lowest BCUT2D eigenvalue weighted by Gasteiger charge is -2.30. The minimum Gasteiger partial charge on any atom is -0.497 e. The molecule has 0 aromatic heterocycles. The van der Waals surface area contributed by atoms with Gasteiger partial charge in [-0.25, -0.2) is 0 Å². The van der Waals surface area contributed by atoms with Crippen molar-refractivity contribution in [2.45, 2.75) is 49.7 Å². The van der Waals surface area contributed by atoms with Gasteiger partial charge in [-0.1, -0.05) is 30.3 Å². The third-order valence-corrected chi connectivity index (χ3v) is 7.07. The van der Waals surface area contributed by atoms with Crippen LogP contribution >= 0.6 is 0 Å². The van der Waals surface area contributed by atoms with E-state index in [4.69, 9.17) is 9.47 Å². The second-order valence-corrected chi connectivity index (χ2v) is 9.10. The average Bonchev–Trinajstić information content (AvgIpc) is 3.25. The van der Waals surface area contributed by atoms with Gasteiger partial charge in [-0.05, 0) is 55.5 Å². The van der Waals surface area contributed by atoms with Gasteiger partial charge < -0.3 is 19.3 Å². The molecule has 2 amide bonds. The van der Waals surface area contributed by atoms with Gasteiger partial charge in [-0.2, -0.15) is 0 Å². The lowest BCUT2D eigenvalue weighted by atomic mass is 9.93. The van der Waals surface area contributed by atoms with Gasteiger partial charge in [0.05, 0.1) is 19.1 Å². The van der Waals surface area contributed by atoms with Crippen LogP contribution in [0.3, 0.4) is 0 Å². The summed E-state index contributed by atoms with van der Waals surface area (Å²) in [6, 6.07) is 17.0. The molecule has 2 saturated heterocycles. The monoisotopic (exact) mass is 434 g/mol. The van der Waals surface area contributed by atoms with E-state index in [0.29, 0.717) is 13.0 Å². The van der Waals surface area contributed by atoms with Crippen LogP contribution in [0.5, 0.6) is 11.5 Å². The molecule has 2 aromatic carbocycles. The molecule has 2 atom stereocenters. The molecule has 0 radical (unpaired) electrons. The lowest BCUT2D eigenvalue weighted by Crippen LogP contribution is -2.50. The highest BCUT2D eigenvalue weighted by molar-refractivity contribution is 5.96. The zero-order chi connectivity index (χ0) is 22.1. The zero-order valence-electron chi connectivity index (χ0n) is 18.5. The number of likely N-dealkylation sites (tertiary alicyclic amines) is 2. The third-order valence-electron chi connectivity index (χ3n) is 7.07. The molecule has 1 aliphatic carbocycles. The molecule has 2 heterocycles. The van der Waals surface area contributed by atoms with Crippen LogP contribution in [0.25, 0.3) is 0 Å². The fourth-order valence-electron chi connectivity index (χ4n) is 5.12. The molecule has 2 unspecified atom stereocenters. The number of amides is 2. The van der Waals surface area contributed by atoms with E-state index in [0.717, 1.165) is 55.8 Å². The predicted octanol–water partition coefficient (Wildman–Crippen LogP) is 3.40. The third kappa shape index (κ3) is 3.83. The second-order valence-electron chi connectivity index (χ2n) is 9.10. The van der Waals surface area contributed by atoms with Crippen LogP contribution in [0.1, 0.15) is 37.7 Å². The van der Waals surface area contributed by atoms with Gasteiger partial charge in [-0.3, -0.25) is 9.59 Å². The zero-order valence-corrected chi connectivity index (χ0v) is 18.5. The molecule has 0 spiro atoms. The molecule has 5 rings (SSSR count). The van der Waals surface area contributed by atoms with Crippen LogP contribution in [0, 0.1) is 0 Å². The molecule has 168 valence electrons. The Morgan fingerprint density at radius 2 is 1.62 bits per heavy atom. The Kier molecular flexibility index (Phi) is 5.53. The highest BCUT2D eigenvalue weighted by Gasteiger charge is 2.56. The molecule has 32 heavy (non-hydrogen) atoms. The van der Waals surface area contributed by atoms with Crippen molar-refractivity contribution in [3.05, 3.63) is 60.2 Å². The predicted molar refractivity (Wildman–Crippen MR) is 121 cm³/mol. The summed E-state index contributed by atoms with van der Waals surface area (Å²) in [6.07, 6.45) is 4.03. The highest BCUT2D eigenvalue weighted by atomic mass is 16.5. The number of para-hydroxylation sites is 1. The summed E-state index contributed by atoms with van der Waals surface area (Å²) in [7, 11) is 1.64. The summed E-state index contributed by atoms with van der Waals surface area (Å²) in [5.74, 6) is 1.67. The first-order valence-corrected chi connectivity index (χ1v) is 11.6. The van der Waals surface area contributed by atoms with Gasteiger partial charge in [0.25, 0.3) is 0 Å². The molecule has 3 fully saturated rings. The minimum atomic E-state index is -0.530. The first-order chi connectivity index (χ1) is 15.6. The second kappa shape index (κ2) is 8.49. The molecular formula is C26H30N2O4. The van der Waals surface area contributed by atoms with Crippen LogP contribution in [-0.2, 0) is 15.0 Å². The molecule has 0 bridgehead atoms. The Hall–Kier alpha value is -3.02. The van der Waals surface area contributed by atoms with Gasteiger partial charge in [0.1, 0.15) is 23.6 Å². The molecule has 3 aliphatic rings. The number of carbonyl (C=O) groups is 2. The Morgan fingerprint density at radius 1 is 0.938 bits per heavy atom. The van der Waals surface area contributed by atoms with Crippen LogP contribution < -0.4 is 9.47 Å². The van der Waals surface area contributed by atoms with Crippen LogP contribution in [-0.4, -0.2) is 60.5 Å². The number of rotatable bonds is 6. The summed E-state index contributed by atoms with van der Waals surface area (Å²) in [6.45, 7) is 2.01. The number of methoxy groups -OCH3 is 1.